The Kier molecular flexibility index (Phi) is 4.09. The summed E-state index contributed by atoms with van der Waals surface area (Å²) in [5.74, 6) is 1.00. The van der Waals surface area contributed by atoms with E-state index in [4.69, 9.17) is 23.2 Å². The molecule has 18 heavy (non-hydrogen) atoms. The Morgan fingerprint density at radius 2 is 2.28 bits per heavy atom. The fourth-order valence-electron chi connectivity index (χ4n) is 1.85. The number of para-hydroxylation sites is 1. The molecule has 4 nitrogen and oxygen atoms in total. The van der Waals surface area contributed by atoms with Crippen molar-refractivity contribution in [1.82, 2.24) is 14.9 Å². The van der Waals surface area contributed by atoms with Crippen LogP contribution in [0.15, 0.2) is 18.2 Å². The highest BCUT2D eigenvalue weighted by molar-refractivity contribution is 6.35. The molecule has 0 bridgehead atoms. The Hall–Kier alpha value is -1.26. The molecule has 1 heterocycles. The number of carbonyl (C=O) groups excluding carboxylic acids is 1. The molecule has 96 valence electrons. The van der Waals surface area contributed by atoms with E-state index in [1.165, 1.54) is 0 Å². The zero-order chi connectivity index (χ0) is 13.1. The van der Waals surface area contributed by atoms with Crippen LogP contribution < -0.4 is 5.32 Å². The van der Waals surface area contributed by atoms with Crippen molar-refractivity contribution in [2.75, 3.05) is 7.05 Å². The van der Waals surface area contributed by atoms with E-state index in [0.717, 1.165) is 16.9 Å². The summed E-state index contributed by atoms with van der Waals surface area (Å²) in [4.78, 5) is 15.7. The maximum atomic E-state index is 11.3. The number of halogens is 2. The average molecular weight is 286 g/mol. The van der Waals surface area contributed by atoms with Gasteiger partial charge in [-0.1, -0.05) is 17.7 Å². The van der Waals surface area contributed by atoms with Crippen LogP contribution in [0.5, 0.6) is 0 Å². The van der Waals surface area contributed by atoms with E-state index < -0.39 is 0 Å². The lowest BCUT2D eigenvalue weighted by Gasteiger charge is -2.06. The molecule has 1 amide bonds. The van der Waals surface area contributed by atoms with Crippen molar-refractivity contribution in [3.05, 3.63) is 29.0 Å². The number of nitrogens with zero attached hydrogens (tertiary/aromatic N) is 2. The number of imidazole rings is 1. The van der Waals surface area contributed by atoms with Gasteiger partial charge in [0.2, 0.25) is 5.91 Å². The van der Waals surface area contributed by atoms with Crippen molar-refractivity contribution in [3.8, 4) is 0 Å². The standard InChI is InChI=1S/C12H13Cl2N3O/c1-15-11(18)5-6-17-9-4-2-3-8(14)12(9)16-10(17)7-13/h2-4H,5-7H2,1H3,(H,15,18). The van der Waals surface area contributed by atoms with E-state index in [1.54, 1.807) is 13.1 Å². The van der Waals surface area contributed by atoms with Gasteiger partial charge in [0.25, 0.3) is 0 Å². The first-order valence-corrected chi connectivity index (χ1v) is 6.48. The summed E-state index contributed by atoms with van der Waals surface area (Å²) >= 11 is 12.0. The molecule has 2 rings (SSSR count). The van der Waals surface area contributed by atoms with Gasteiger partial charge in [0.15, 0.2) is 0 Å². The first-order chi connectivity index (χ1) is 8.67. The van der Waals surface area contributed by atoms with Crippen molar-refractivity contribution < 1.29 is 4.79 Å². The minimum Gasteiger partial charge on any atom is -0.359 e. The topological polar surface area (TPSA) is 46.9 Å². The van der Waals surface area contributed by atoms with Gasteiger partial charge in [-0.25, -0.2) is 4.98 Å². The van der Waals surface area contributed by atoms with Crippen LogP contribution in [0.2, 0.25) is 5.02 Å². The smallest absolute Gasteiger partial charge is 0.221 e. The molecular weight excluding hydrogens is 273 g/mol. The van der Waals surface area contributed by atoms with Crippen molar-refractivity contribution in [2.24, 2.45) is 0 Å². The Labute approximate surface area is 115 Å². The number of benzene rings is 1. The summed E-state index contributed by atoms with van der Waals surface area (Å²) in [6.07, 6.45) is 0.387. The summed E-state index contributed by atoms with van der Waals surface area (Å²) in [5, 5.41) is 3.19. The Bertz CT molecular complexity index is 580. The Balaban J connectivity index is 2.41. The van der Waals surface area contributed by atoms with E-state index in [1.807, 2.05) is 16.7 Å². The predicted octanol–water partition coefficient (Wildman–Crippen LogP) is 2.56. The second-order valence-electron chi connectivity index (χ2n) is 3.84. The number of alkyl halides is 1. The third-order valence-electron chi connectivity index (χ3n) is 2.77. The van der Waals surface area contributed by atoms with E-state index in [2.05, 4.69) is 10.3 Å². The lowest BCUT2D eigenvalue weighted by molar-refractivity contribution is -0.120. The van der Waals surface area contributed by atoms with Crippen LogP contribution in [0.3, 0.4) is 0 Å². The van der Waals surface area contributed by atoms with Gasteiger partial charge >= 0.3 is 0 Å². The largest absolute Gasteiger partial charge is 0.359 e. The molecule has 0 fully saturated rings. The van der Waals surface area contributed by atoms with Gasteiger partial charge in [-0.05, 0) is 12.1 Å². The van der Waals surface area contributed by atoms with Crippen molar-refractivity contribution >= 4 is 40.1 Å². The summed E-state index contributed by atoms with van der Waals surface area (Å²) in [7, 11) is 1.62. The third kappa shape index (κ3) is 2.44. The molecule has 0 aliphatic carbocycles. The van der Waals surface area contributed by atoms with Crippen LogP contribution in [-0.2, 0) is 17.2 Å². The number of nitrogens with one attached hydrogen (secondary N) is 1. The van der Waals surface area contributed by atoms with Gasteiger partial charge in [-0.15, -0.1) is 11.6 Å². The van der Waals surface area contributed by atoms with Gasteiger partial charge in [0.05, 0.1) is 16.4 Å². The highest BCUT2D eigenvalue weighted by Gasteiger charge is 2.12. The summed E-state index contributed by atoms with van der Waals surface area (Å²) < 4.78 is 1.93. The molecular formula is C12H13Cl2N3O. The summed E-state index contributed by atoms with van der Waals surface area (Å²) in [5.41, 5.74) is 1.63. The molecule has 1 aromatic carbocycles. The molecule has 1 aromatic heterocycles. The van der Waals surface area contributed by atoms with E-state index >= 15 is 0 Å². The second kappa shape index (κ2) is 5.59. The van der Waals surface area contributed by atoms with Crippen LogP contribution in [0.1, 0.15) is 12.2 Å². The van der Waals surface area contributed by atoms with Crippen molar-refractivity contribution in [3.63, 3.8) is 0 Å². The number of aryl methyl sites for hydroxylation is 1. The molecule has 0 unspecified atom stereocenters. The van der Waals surface area contributed by atoms with Crippen LogP contribution in [0.25, 0.3) is 11.0 Å². The van der Waals surface area contributed by atoms with E-state index in [-0.39, 0.29) is 5.91 Å². The maximum Gasteiger partial charge on any atom is 0.221 e. The molecule has 6 heteroatoms. The molecule has 0 saturated heterocycles. The average Bonchev–Trinajstić information content (AvgIpc) is 2.75. The van der Waals surface area contributed by atoms with Crippen molar-refractivity contribution in [1.29, 1.82) is 0 Å². The fraction of sp³-hybridized carbons (Fsp3) is 0.333. The van der Waals surface area contributed by atoms with Gasteiger partial charge in [0.1, 0.15) is 11.3 Å². The molecule has 0 aliphatic rings. The lowest BCUT2D eigenvalue weighted by Crippen LogP contribution is -2.19. The number of rotatable bonds is 4. The molecule has 1 N–H and O–H groups in total. The minimum absolute atomic E-state index is 0.0144. The maximum absolute atomic E-state index is 11.3. The molecule has 0 aliphatic heterocycles. The van der Waals surface area contributed by atoms with Gasteiger partial charge < -0.3 is 9.88 Å². The number of fused-ring (bicyclic) bond motifs is 1. The SMILES string of the molecule is CNC(=O)CCn1c(CCl)nc2c(Cl)cccc21. The highest BCUT2D eigenvalue weighted by atomic mass is 35.5. The molecule has 2 aromatic rings. The summed E-state index contributed by atoms with van der Waals surface area (Å²) in [6.45, 7) is 0.540. The highest BCUT2D eigenvalue weighted by Crippen LogP contribution is 2.24. The van der Waals surface area contributed by atoms with Crippen LogP contribution >= 0.6 is 23.2 Å². The number of hydrogen-bond donors (Lipinski definition) is 1. The Morgan fingerprint density at radius 1 is 1.50 bits per heavy atom. The number of carbonyl (C=O) groups is 1. The van der Waals surface area contributed by atoms with Gasteiger partial charge in [0, 0.05) is 20.0 Å². The van der Waals surface area contributed by atoms with Crippen LogP contribution in [0.4, 0.5) is 0 Å². The number of hydrogen-bond acceptors (Lipinski definition) is 2. The van der Waals surface area contributed by atoms with Gasteiger partial charge in [-0.3, -0.25) is 4.79 Å². The summed E-state index contributed by atoms with van der Waals surface area (Å²) in [6, 6.07) is 5.58. The fourth-order valence-corrected chi connectivity index (χ4v) is 2.27. The van der Waals surface area contributed by atoms with Gasteiger partial charge in [-0.2, -0.15) is 0 Å². The first-order valence-electron chi connectivity index (χ1n) is 5.57. The zero-order valence-electron chi connectivity index (χ0n) is 9.91. The number of amides is 1. The van der Waals surface area contributed by atoms with E-state index in [0.29, 0.717) is 23.9 Å². The molecule has 0 atom stereocenters. The minimum atomic E-state index is -0.0144. The molecule has 0 radical (unpaired) electrons. The predicted molar refractivity (Wildman–Crippen MR) is 73.0 cm³/mol. The Morgan fingerprint density at radius 3 is 2.94 bits per heavy atom. The second-order valence-corrected chi connectivity index (χ2v) is 4.52. The lowest BCUT2D eigenvalue weighted by atomic mass is 10.3. The monoisotopic (exact) mass is 285 g/mol. The quantitative estimate of drug-likeness (QED) is 0.878. The normalized spacial score (nSPS) is 10.8. The first kappa shape index (κ1) is 13.2. The van der Waals surface area contributed by atoms with Crippen LogP contribution in [-0.4, -0.2) is 22.5 Å². The molecule has 0 saturated carbocycles. The molecule has 0 spiro atoms. The number of aromatic nitrogens is 2. The van der Waals surface area contributed by atoms with Crippen LogP contribution in [0, 0.1) is 0 Å². The zero-order valence-corrected chi connectivity index (χ0v) is 11.4. The van der Waals surface area contributed by atoms with E-state index in [9.17, 15) is 4.79 Å². The van der Waals surface area contributed by atoms with Crippen molar-refractivity contribution in [2.45, 2.75) is 18.8 Å². The third-order valence-corrected chi connectivity index (χ3v) is 3.31.